The minimum Gasteiger partial charge on any atom is -0.382 e. The van der Waals surface area contributed by atoms with E-state index in [1.807, 2.05) is 6.92 Å². The first-order valence-electron chi connectivity index (χ1n) is 7.93. The fraction of sp³-hybridized carbons (Fsp3) is 0.733. The summed E-state index contributed by atoms with van der Waals surface area (Å²) in [7, 11) is 0. The minimum absolute atomic E-state index is 0.101. The van der Waals surface area contributed by atoms with Crippen LogP contribution in [0.1, 0.15) is 68.5 Å². The zero-order valence-electron chi connectivity index (χ0n) is 12.9. The molecule has 0 aliphatic heterocycles. The number of hydrogen-bond acceptors (Lipinski definition) is 5. The maximum absolute atomic E-state index is 12.2. The summed E-state index contributed by atoms with van der Waals surface area (Å²) in [6.45, 7) is 4.22. The maximum Gasteiger partial charge on any atom is 0.265 e. The van der Waals surface area contributed by atoms with Crippen molar-refractivity contribution in [2.75, 3.05) is 11.1 Å². The molecular weight excluding hydrogens is 284 g/mol. The number of rotatable bonds is 8. The highest BCUT2D eigenvalue weighted by Crippen LogP contribution is 2.29. The second kappa shape index (κ2) is 7.64. The van der Waals surface area contributed by atoms with Crippen LogP contribution in [0.3, 0.4) is 0 Å². The molecule has 1 unspecified atom stereocenters. The van der Waals surface area contributed by atoms with Crippen LogP contribution in [0.4, 0.5) is 10.9 Å². The van der Waals surface area contributed by atoms with E-state index in [4.69, 9.17) is 5.73 Å². The number of aromatic nitrogens is 1. The highest BCUT2D eigenvalue weighted by molar-refractivity contribution is 7.18. The average molecular weight is 310 g/mol. The van der Waals surface area contributed by atoms with Crippen molar-refractivity contribution >= 4 is 28.2 Å². The third kappa shape index (κ3) is 4.59. The Kier molecular flexibility index (Phi) is 5.85. The number of nitrogens with two attached hydrogens (primary N) is 1. The quantitative estimate of drug-likeness (QED) is 0.643. The number of carbonyl (C=O) groups excluding carboxylic acids is 1. The Morgan fingerprint density at radius 3 is 2.86 bits per heavy atom. The molecule has 1 aromatic heterocycles. The first-order chi connectivity index (χ1) is 10.1. The van der Waals surface area contributed by atoms with Gasteiger partial charge >= 0.3 is 0 Å². The molecular formula is C15H26N4OS. The Labute approximate surface area is 130 Å². The van der Waals surface area contributed by atoms with Crippen molar-refractivity contribution in [2.45, 2.75) is 70.9 Å². The molecule has 5 nitrogen and oxygen atoms in total. The van der Waals surface area contributed by atoms with Crippen LogP contribution in [0.15, 0.2) is 0 Å². The highest BCUT2D eigenvalue weighted by atomic mass is 32.1. The summed E-state index contributed by atoms with van der Waals surface area (Å²) in [5.74, 6) is 0.232. The number of anilines is 2. The first kappa shape index (κ1) is 16.1. The Hall–Kier alpha value is -1.30. The topological polar surface area (TPSA) is 80.0 Å². The minimum atomic E-state index is -0.101. The summed E-state index contributed by atoms with van der Waals surface area (Å²) < 4.78 is 0. The fourth-order valence-electron chi connectivity index (χ4n) is 2.35. The Morgan fingerprint density at radius 1 is 1.48 bits per heavy atom. The number of hydrogen-bond donors (Lipinski definition) is 3. The van der Waals surface area contributed by atoms with E-state index >= 15 is 0 Å². The van der Waals surface area contributed by atoms with Crippen molar-refractivity contribution in [2.24, 2.45) is 0 Å². The number of nitrogens with zero attached hydrogens (tertiary/aromatic N) is 1. The maximum atomic E-state index is 12.2. The van der Waals surface area contributed by atoms with Gasteiger partial charge in [0, 0.05) is 12.1 Å². The number of nitrogens with one attached hydrogen (secondary N) is 2. The van der Waals surface area contributed by atoms with Crippen molar-refractivity contribution in [3.63, 3.8) is 0 Å². The number of unbranched alkanes of at least 4 members (excludes halogenated alkanes) is 2. The van der Waals surface area contributed by atoms with Gasteiger partial charge in [0.25, 0.3) is 5.91 Å². The number of nitrogen functional groups attached to an aromatic ring is 1. The molecule has 2 rings (SSSR count). The molecule has 1 aliphatic rings. The van der Waals surface area contributed by atoms with E-state index in [2.05, 4.69) is 22.5 Å². The van der Waals surface area contributed by atoms with Gasteiger partial charge in [-0.25, -0.2) is 4.98 Å². The van der Waals surface area contributed by atoms with Crippen LogP contribution in [0.5, 0.6) is 0 Å². The van der Waals surface area contributed by atoms with Gasteiger partial charge < -0.3 is 16.4 Å². The zero-order valence-corrected chi connectivity index (χ0v) is 13.8. The van der Waals surface area contributed by atoms with E-state index in [1.54, 1.807) is 0 Å². The lowest BCUT2D eigenvalue weighted by molar-refractivity contribution is 0.0942. The van der Waals surface area contributed by atoms with Gasteiger partial charge in [0.1, 0.15) is 10.7 Å². The summed E-state index contributed by atoms with van der Waals surface area (Å²) in [5, 5.41) is 7.12. The molecule has 1 aliphatic carbocycles. The lowest BCUT2D eigenvalue weighted by atomic mass is 9.93. The molecule has 0 radical (unpaired) electrons. The first-order valence-corrected chi connectivity index (χ1v) is 8.75. The van der Waals surface area contributed by atoms with Gasteiger partial charge in [0.2, 0.25) is 0 Å². The van der Waals surface area contributed by atoms with Gasteiger partial charge in [-0.1, -0.05) is 37.5 Å². The predicted octanol–water partition coefficient (Wildman–Crippen LogP) is 3.39. The van der Waals surface area contributed by atoms with Gasteiger partial charge in [-0.15, -0.1) is 0 Å². The molecule has 0 spiro atoms. The Bertz CT molecular complexity index is 470. The van der Waals surface area contributed by atoms with Gasteiger partial charge in [-0.2, -0.15) is 0 Å². The van der Waals surface area contributed by atoms with Gasteiger partial charge in [-0.3, -0.25) is 4.79 Å². The van der Waals surface area contributed by atoms with E-state index in [9.17, 15) is 4.79 Å². The highest BCUT2D eigenvalue weighted by Gasteiger charge is 2.22. The molecule has 0 bridgehead atoms. The smallest absolute Gasteiger partial charge is 0.265 e. The predicted molar refractivity (Wildman–Crippen MR) is 88.9 cm³/mol. The molecule has 1 amide bonds. The third-order valence-corrected chi connectivity index (χ3v) is 4.91. The molecule has 1 fully saturated rings. The van der Waals surface area contributed by atoms with Gasteiger partial charge in [0.15, 0.2) is 5.13 Å². The number of carbonyl (C=O) groups is 1. The van der Waals surface area contributed by atoms with E-state index in [1.165, 1.54) is 43.4 Å². The van der Waals surface area contributed by atoms with Crippen LogP contribution in [-0.4, -0.2) is 23.0 Å². The van der Waals surface area contributed by atoms with Crippen molar-refractivity contribution in [3.8, 4) is 0 Å². The fourth-order valence-corrected chi connectivity index (χ4v) is 3.21. The van der Waals surface area contributed by atoms with Crippen molar-refractivity contribution in [3.05, 3.63) is 4.88 Å². The number of amides is 1. The van der Waals surface area contributed by atoms with E-state index < -0.39 is 0 Å². The summed E-state index contributed by atoms with van der Waals surface area (Å²) in [4.78, 5) is 17.0. The molecule has 1 atom stereocenters. The largest absolute Gasteiger partial charge is 0.382 e. The number of thiazole rings is 1. The summed E-state index contributed by atoms with van der Waals surface area (Å²) >= 11 is 1.36. The van der Waals surface area contributed by atoms with Crippen LogP contribution >= 0.6 is 11.3 Å². The molecule has 6 heteroatoms. The molecule has 21 heavy (non-hydrogen) atoms. The van der Waals surface area contributed by atoms with E-state index in [0.29, 0.717) is 16.7 Å². The SMILES string of the molecule is CCCCCC(C)NC(=O)c1sc(NC2CCC2)nc1N. The molecule has 0 aromatic carbocycles. The summed E-state index contributed by atoms with van der Waals surface area (Å²) in [5.41, 5.74) is 5.87. The van der Waals surface area contributed by atoms with E-state index in [0.717, 1.165) is 18.0 Å². The van der Waals surface area contributed by atoms with Crippen LogP contribution in [0.25, 0.3) is 0 Å². The summed E-state index contributed by atoms with van der Waals surface area (Å²) in [6, 6.07) is 0.674. The molecule has 118 valence electrons. The Morgan fingerprint density at radius 2 is 2.24 bits per heavy atom. The van der Waals surface area contributed by atoms with Gasteiger partial charge in [-0.05, 0) is 32.6 Å². The zero-order chi connectivity index (χ0) is 15.2. The normalized spacial score (nSPS) is 16.3. The summed E-state index contributed by atoms with van der Waals surface area (Å²) in [6.07, 6.45) is 8.17. The lowest BCUT2D eigenvalue weighted by Gasteiger charge is -2.25. The second-order valence-electron chi connectivity index (χ2n) is 5.88. The van der Waals surface area contributed by atoms with Gasteiger partial charge in [0.05, 0.1) is 0 Å². The van der Waals surface area contributed by atoms with E-state index in [-0.39, 0.29) is 11.9 Å². The average Bonchev–Trinajstić information content (AvgIpc) is 2.75. The van der Waals surface area contributed by atoms with Crippen molar-refractivity contribution in [1.82, 2.24) is 10.3 Å². The monoisotopic (exact) mass is 310 g/mol. The van der Waals surface area contributed by atoms with Crippen molar-refractivity contribution in [1.29, 1.82) is 0 Å². The van der Waals surface area contributed by atoms with Crippen LogP contribution in [0, 0.1) is 0 Å². The molecule has 0 saturated heterocycles. The molecule has 4 N–H and O–H groups in total. The molecule has 1 aromatic rings. The standard InChI is InChI=1S/C15H26N4OS/c1-3-4-5-7-10(2)17-14(20)12-13(16)19-15(21-12)18-11-8-6-9-11/h10-11H,3-9,16H2,1-2H3,(H,17,20)(H,18,19). The molecule has 1 heterocycles. The van der Waals surface area contributed by atoms with Crippen molar-refractivity contribution < 1.29 is 4.79 Å². The third-order valence-electron chi connectivity index (χ3n) is 3.91. The second-order valence-corrected chi connectivity index (χ2v) is 6.87. The lowest BCUT2D eigenvalue weighted by Crippen LogP contribution is -2.32. The Balaban J connectivity index is 1.86. The van der Waals surface area contributed by atoms with Crippen LogP contribution < -0.4 is 16.4 Å². The van der Waals surface area contributed by atoms with Crippen LogP contribution in [-0.2, 0) is 0 Å². The molecule has 1 saturated carbocycles. The van der Waals surface area contributed by atoms with Crippen LogP contribution in [0.2, 0.25) is 0 Å².